The Kier molecular flexibility index (Phi) is 3.00. The van der Waals surface area contributed by atoms with E-state index in [9.17, 15) is 0 Å². The van der Waals surface area contributed by atoms with Crippen LogP contribution in [0.5, 0.6) is 0 Å². The lowest BCUT2D eigenvalue weighted by atomic mass is 9.86. The minimum absolute atomic E-state index is 0.102. The fraction of sp³-hybridized carbons (Fsp3) is 0.400. The first-order valence-electron chi connectivity index (χ1n) is 5.21. The Labute approximate surface area is 100 Å². The van der Waals surface area contributed by atoms with E-state index in [4.69, 9.17) is 40.1 Å². The highest BCUT2D eigenvalue weighted by atomic mass is 15.0. The van der Waals surface area contributed by atoms with Gasteiger partial charge in [0.2, 0.25) is 0 Å². The van der Waals surface area contributed by atoms with Crippen LogP contribution in [-0.4, -0.2) is 0 Å². The number of benzene rings is 1. The van der Waals surface area contributed by atoms with Gasteiger partial charge in [-0.2, -0.15) is 0 Å². The maximum Gasteiger partial charge on any atom is 0.0965 e. The molecule has 0 aromatic heterocycles. The standard InChI is InChI=1S/C10H21N7/c1-3(2)10(16,17)4-5(11)7(13)9(15)8(14)6(4)12/h3H,11-17H2,1-2H3. The van der Waals surface area contributed by atoms with Crippen molar-refractivity contribution in [2.24, 2.45) is 17.4 Å². The zero-order chi connectivity index (χ0) is 13.5. The molecule has 96 valence electrons. The van der Waals surface area contributed by atoms with E-state index in [1.54, 1.807) is 0 Å². The molecule has 1 rings (SSSR count). The maximum absolute atomic E-state index is 6.04. The first-order chi connectivity index (χ1) is 7.62. The molecule has 1 aromatic carbocycles. The molecule has 0 amide bonds. The highest BCUT2D eigenvalue weighted by Crippen LogP contribution is 2.42. The van der Waals surface area contributed by atoms with Crippen LogP contribution in [0.25, 0.3) is 0 Å². The SMILES string of the molecule is CC(C)C(N)(N)c1c(N)c(N)c(N)c(N)c1N. The van der Waals surface area contributed by atoms with Crippen molar-refractivity contribution in [3.05, 3.63) is 5.56 Å². The second kappa shape index (κ2) is 3.86. The largest absolute Gasteiger partial charge is 0.397 e. The van der Waals surface area contributed by atoms with Crippen LogP contribution in [0, 0.1) is 5.92 Å². The molecule has 0 saturated heterocycles. The predicted octanol–water partition coefficient (Wildman–Crippen LogP) is -0.676. The van der Waals surface area contributed by atoms with Gasteiger partial charge in [-0.1, -0.05) is 13.8 Å². The van der Waals surface area contributed by atoms with Crippen LogP contribution in [0.2, 0.25) is 0 Å². The molecule has 0 saturated carbocycles. The van der Waals surface area contributed by atoms with Crippen molar-refractivity contribution in [1.29, 1.82) is 0 Å². The molecular formula is C10H21N7. The van der Waals surface area contributed by atoms with Gasteiger partial charge in [-0.25, -0.2) is 0 Å². The van der Waals surface area contributed by atoms with Crippen molar-refractivity contribution in [2.75, 3.05) is 28.7 Å². The molecule has 0 radical (unpaired) electrons. The smallest absolute Gasteiger partial charge is 0.0965 e. The summed E-state index contributed by atoms with van der Waals surface area (Å²) in [5.74, 6) is -0.102. The van der Waals surface area contributed by atoms with Crippen LogP contribution in [0.4, 0.5) is 28.4 Å². The predicted molar refractivity (Wildman–Crippen MR) is 73.4 cm³/mol. The quantitative estimate of drug-likeness (QED) is 0.263. The number of nitrogen functional groups attached to an aromatic ring is 5. The van der Waals surface area contributed by atoms with Gasteiger partial charge in [-0.3, -0.25) is 0 Å². The minimum atomic E-state index is -1.22. The molecule has 0 atom stereocenters. The molecule has 7 nitrogen and oxygen atoms in total. The van der Waals surface area contributed by atoms with E-state index in [2.05, 4.69) is 0 Å². The lowest BCUT2D eigenvalue weighted by molar-refractivity contribution is 0.332. The zero-order valence-electron chi connectivity index (χ0n) is 10.1. The van der Waals surface area contributed by atoms with Crippen LogP contribution >= 0.6 is 0 Å². The lowest BCUT2D eigenvalue weighted by Crippen LogP contribution is -2.51. The van der Waals surface area contributed by atoms with Crippen molar-refractivity contribution in [3.8, 4) is 0 Å². The number of hydrogen-bond acceptors (Lipinski definition) is 7. The van der Waals surface area contributed by atoms with Crippen LogP contribution in [0.1, 0.15) is 19.4 Å². The molecule has 14 N–H and O–H groups in total. The van der Waals surface area contributed by atoms with Crippen LogP contribution < -0.4 is 40.1 Å². The topological polar surface area (TPSA) is 182 Å². The van der Waals surface area contributed by atoms with E-state index in [1.807, 2.05) is 13.8 Å². The molecule has 1 aromatic rings. The van der Waals surface area contributed by atoms with Gasteiger partial charge in [0, 0.05) is 5.56 Å². The molecule has 17 heavy (non-hydrogen) atoms. The van der Waals surface area contributed by atoms with E-state index in [1.165, 1.54) is 0 Å². The molecule has 0 aliphatic rings. The van der Waals surface area contributed by atoms with Gasteiger partial charge in [0.25, 0.3) is 0 Å². The molecule has 0 aliphatic heterocycles. The van der Waals surface area contributed by atoms with Crippen molar-refractivity contribution in [3.63, 3.8) is 0 Å². The highest BCUT2D eigenvalue weighted by Gasteiger charge is 2.33. The summed E-state index contributed by atoms with van der Waals surface area (Å²) in [5.41, 5.74) is 41.0. The summed E-state index contributed by atoms with van der Waals surface area (Å²) in [7, 11) is 0. The van der Waals surface area contributed by atoms with Crippen molar-refractivity contribution >= 4 is 28.4 Å². The summed E-state index contributed by atoms with van der Waals surface area (Å²) in [5, 5.41) is 0. The zero-order valence-corrected chi connectivity index (χ0v) is 10.1. The van der Waals surface area contributed by atoms with E-state index in [0.29, 0.717) is 5.56 Å². The molecule has 0 unspecified atom stereocenters. The third-order valence-electron chi connectivity index (χ3n) is 3.09. The van der Waals surface area contributed by atoms with Crippen molar-refractivity contribution in [2.45, 2.75) is 19.5 Å². The monoisotopic (exact) mass is 239 g/mol. The van der Waals surface area contributed by atoms with Crippen LogP contribution in [0.15, 0.2) is 0 Å². The maximum atomic E-state index is 6.04. The average molecular weight is 239 g/mol. The summed E-state index contributed by atoms with van der Waals surface area (Å²) >= 11 is 0. The van der Waals surface area contributed by atoms with Gasteiger partial charge in [-0.15, -0.1) is 0 Å². The number of rotatable bonds is 2. The first kappa shape index (κ1) is 13.2. The van der Waals surface area contributed by atoms with Crippen LogP contribution in [-0.2, 0) is 5.66 Å². The Bertz CT molecular complexity index is 421. The molecule has 0 fully saturated rings. The van der Waals surface area contributed by atoms with Gasteiger partial charge >= 0.3 is 0 Å². The molecule has 0 aliphatic carbocycles. The summed E-state index contributed by atoms with van der Waals surface area (Å²) in [6, 6.07) is 0. The fourth-order valence-electron chi connectivity index (χ4n) is 1.60. The number of anilines is 5. The van der Waals surface area contributed by atoms with E-state index >= 15 is 0 Å². The first-order valence-corrected chi connectivity index (χ1v) is 5.21. The Balaban J connectivity index is 3.66. The van der Waals surface area contributed by atoms with Gasteiger partial charge in [-0.05, 0) is 5.92 Å². The van der Waals surface area contributed by atoms with Crippen LogP contribution in [0.3, 0.4) is 0 Å². The fourth-order valence-corrected chi connectivity index (χ4v) is 1.60. The molecule has 7 heteroatoms. The lowest BCUT2D eigenvalue weighted by Gasteiger charge is -2.33. The molecule has 0 spiro atoms. The third kappa shape index (κ3) is 1.79. The van der Waals surface area contributed by atoms with Crippen molar-refractivity contribution < 1.29 is 0 Å². The van der Waals surface area contributed by atoms with E-state index in [0.717, 1.165) is 0 Å². The number of nitrogens with two attached hydrogens (primary N) is 7. The molecule has 0 bridgehead atoms. The van der Waals surface area contributed by atoms with Gasteiger partial charge in [0.15, 0.2) is 0 Å². The van der Waals surface area contributed by atoms with Gasteiger partial charge in [0.05, 0.1) is 34.1 Å². The number of hydrogen-bond donors (Lipinski definition) is 7. The summed E-state index contributed by atoms with van der Waals surface area (Å²) in [4.78, 5) is 0. The summed E-state index contributed by atoms with van der Waals surface area (Å²) < 4.78 is 0. The molecule has 0 heterocycles. The van der Waals surface area contributed by atoms with Gasteiger partial charge in [0.1, 0.15) is 0 Å². The normalized spacial score (nSPS) is 12.1. The minimum Gasteiger partial charge on any atom is -0.397 e. The Morgan fingerprint density at radius 2 is 1.00 bits per heavy atom. The van der Waals surface area contributed by atoms with E-state index in [-0.39, 0.29) is 34.4 Å². The highest BCUT2D eigenvalue weighted by molar-refractivity contribution is 5.97. The van der Waals surface area contributed by atoms with E-state index < -0.39 is 5.66 Å². The van der Waals surface area contributed by atoms with Crippen molar-refractivity contribution in [1.82, 2.24) is 0 Å². The van der Waals surface area contributed by atoms with Gasteiger partial charge < -0.3 is 40.1 Å². The molecular weight excluding hydrogens is 218 g/mol. The summed E-state index contributed by atoms with van der Waals surface area (Å²) in [6.45, 7) is 3.70. The second-order valence-corrected chi connectivity index (χ2v) is 4.53. The Morgan fingerprint density at radius 3 is 1.29 bits per heavy atom. The third-order valence-corrected chi connectivity index (χ3v) is 3.09. The Morgan fingerprint density at radius 1 is 0.706 bits per heavy atom. The summed E-state index contributed by atoms with van der Waals surface area (Å²) in [6.07, 6.45) is 0. The Hall–Kier alpha value is -1.86. The average Bonchev–Trinajstić information content (AvgIpc) is 2.23. The second-order valence-electron chi connectivity index (χ2n) is 4.53.